The third-order valence-electron chi connectivity index (χ3n) is 3.64. The minimum absolute atomic E-state index is 0.0131. The number of sulfonamides is 1. The van der Waals surface area contributed by atoms with Crippen molar-refractivity contribution in [1.29, 1.82) is 0 Å². The quantitative estimate of drug-likeness (QED) is 0.573. The summed E-state index contributed by atoms with van der Waals surface area (Å²) in [7, 11) is -3.70. The van der Waals surface area contributed by atoms with E-state index in [2.05, 4.69) is 20.0 Å². The van der Waals surface area contributed by atoms with Gasteiger partial charge in [0.05, 0.1) is 22.5 Å². The van der Waals surface area contributed by atoms with E-state index in [9.17, 15) is 13.2 Å². The largest absolute Gasteiger partial charge is 0.349 e. The lowest BCUT2D eigenvalue weighted by Gasteiger charge is -2.07. The minimum atomic E-state index is -3.70. The van der Waals surface area contributed by atoms with Gasteiger partial charge in [0.15, 0.2) is 0 Å². The highest BCUT2D eigenvalue weighted by Crippen LogP contribution is 2.15. The molecule has 26 heavy (non-hydrogen) atoms. The second kappa shape index (κ2) is 7.86. The Morgan fingerprint density at radius 2 is 1.96 bits per heavy atom. The predicted octanol–water partition coefficient (Wildman–Crippen LogP) is 2.20. The SMILES string of the molecule is O=C(CCNS(=O)(=O)c1cccc(Cl)c1)NCc1nc2ccccc2[nH]1. The monoisotopic (exact) mass is 392 g/mol. The summed E-state index contributed by atoms with van der Waals surface area (Å²) in [5.74, 6) is 0.360. The van der Waals surface area contributed by atoms with Gasteiger partial charge in [0.2, 0.25) is 15.9 Å². The average molecular weight is 393 g/mol. The summed E-state index contributed by atoms with van der Waals surface area (Å²) in [5.41, 5.74) is 1.72. The molecule has 0 aliphatic rings. The van der Waals surface area contributed by atoms with E-state index in [1.54, 1.807) is 12.1 Å². The van der Waals surface area contributed by atoms with Gasteiger partial charge in [-0.2, -0.15) is 0 Å². The third kappa shape index (κ3) is 4.60. The molecular formula is C17H17ClN4O3S. The molecule has 0 aliphatic heterocycles. The van der Waals surface area contributed by atoms with Gasteiger partial charge in [0.1, 0.15) is 5.82 Å². The van der Waals surface area contributed by atoms with Crippen LogP contribution in [0.1, 0.15) is 12.2 Å². The summed E-state index contributed by atoms with van der Waals surface area (Å²) < 4.78 is 26.6. The smallest absolute Gasteiger partial charge is 0.240 e. The minimum Gasteiger partial charge on any atom is -0.349 e. The van der Waals surface area contributed by atoms with Crippen molar-refractivity contribution < 1.29 is 13.2 Å². The van der Waals surface area contributed by atoms with Crippen LogP contribution in [0.15, 0.2) is 53.4 Å². The van der Waals surface area contributed by atoms with Crippen LogP contribution in [-0.2, 0) is 21.4 Å². The molecule has 0 atom stereocenters. The van der Waals surface area contributed by atoms with Crippen molar-refractivity contribution in [2.75, 3.05) is 6.54 Å². The first-order valence-electron chi connectivity index (χ1n) is 7.89. The van der Waals surface area contributed by atoms with Crippen molar-refractivity contribution in [1.82, 2.24) is 20.0 Å². The highest BCUT2D eigenvalue weighted by atomic mass is 35.5. The molecule has 7 nitrogen and oxygen atoms in total. The number of carbonyl (C=O) groups excluding carboxylic acids is 1. The number of hydrogen-bond acceptors (Lipinski definition) is 4. The van der Waals surface area contributed by atoms with Gasteiger partial charge in [-0.15, -0.1) is 0 Å². The molecule has 3 aromatic rings. The Morgan fingerprint density at radius 3 is 2.73 bits per heavy atom. The molecule has 3 N–H and O–H groups in total. The number of imidazole rings is 1. The summed E-state index contributed by atoms with van der Waals surface area (Å²) in [5, 5.41) is 3.04. The Kier molecular flexibility index (Phi) is 5.55. The first kappa shape index (κ1) is 18.4. The normalized spacial score (nSPS) is 11.6. The topological polar surface area (TPSA) is 104 Å². The van der Waals surface area contributed by atoms with Crippen LogP contribution in [0.25, 0.3) is 11.0 Å². The Morgan fingerprint density at radius 1 is 1.15 bits per heavy atom. The lowest BCUT2D eigenvalue weighted by molar-refractivity contribution is -0.121. The Bertz CT molecular complexity index is 1000. The van der Waals surface area contributed by atoms with Gasteiger partial charge in [0.25, 0.3) is 0 Å². The zero-order valence-corrected chi connectivity index (χ0v) is 15.3. The summed E-state index contributed by atoms with van der Waals surface area (Å²) in [6.45, 7) is 0.232. The van der Waals surface area contributed by atoms with Crippen molar-refractivity contribution in [3.8, 4) is 0 Å². The lowest BCUT2D eigenvalue weighted by atomic mass is 10.3. The van der Waals surface area contributed by atoms with Crippen molar-refractivity contribution in [3.63, 3.8) is 0 Å². The Hall–Kier alpha value is -2.42. The molecule has 2 aromatic carbocycles. The number of nitrogens with zero attached hydrogens (tertiary/aromatic N) is 1. The number of para-hydroxylation sites is 2. The van der Waals surface area contributed by atoms with Gasteiger partial charge in [-0.05, 0) is 30.3 Å². The number of fused-ring (bicyclic) bond motifs is 1. The van der Waals surface area contributed by atoms with Crippen LogP contribution in [0.4, 0.5) is 0 Å². The molecule has 1 amide bonds. The second-order valence-corrected chi connectivity index (χ2v) is 7.79. The standard InChI is InChI=1S/C17H17ClN4O3S/c18-12-4-3-5-13(10-12)26(24,25)20-9-8-17(23)19-11-16-21-14-6-1-2-7-15(14)22-16/h1-7,10,20H,8-9,11H2,(H,19,23)(H,21,22). The van der Waals surface area contributed by atoms with Crippen molar-refractivity contribution in [2.24, 2.45) is 0 Å². The molecule has 0 saturated heterocycles. The van der Waals surface area contributed by atoms with Gasteiger partial charge in [0, 0.05) is 18.0 Å². The Balaban J connectivity index is 1.48. The number of rotatable bonds is 7. The van der Waals surface area contributed by atoms with Crippen LogP contribution in [0.5, 0.6) is 0 Å². The number of benzene rings is 2. The van der Waals surface area contributed by atoms with E-state index in [-0.39, 0.29) is 30.3 Å². The van der Waals surface area contributed by atoms with E-state index in [0.717, 1.165) is 11.0 Å². The van der Waals surface area contributed by atoms with Crippen molar-refractivity contribution in [2.45, 2.75) is 17.9 Å². The molecule has 0 unspecified atom stereocenters. The predicted molar refractivity (Wildman–Crippen MR) is 99.2 cm³/mol. The van der Waals surface area contributed by atoms with Crippen LogP contribution >= 0.6 is 11.6 Å². The van der Waals surface area contributed by atoms with Gasteiger partial charge in [-0.1, -0.05) is 29.8 Å². The molecule has 9 heteroatoms. The highest BCUT2D eigenvalue weighted by Gasteiger charge is 2.14. The first-order chi connectivity index (χ1) is 12.4. The van der Waals surface area contributed by atoms with E-state index in [4.69, 9.17) is 11.6 Å². The third-order valence-corrected chi connectivity index (χ3v) is 5.34. The molecule has 0 spiro atoms. The van der Waals surface area contributed by atoms with Crippen LogP contribution in [0, 0.1) is 0 Å². The van der Waals surface area contributed by atoms with E-state index in [0.29, 0.717) is 10.8 Å². The van der Waals surface area contributed by atoms with Crippen molar-refractivity contribution >= 4 is 38.6 Å². The molecule has 1 aromatic heterocycles. The van der Waals surface area contributed by atoms with Gasteiger partial charge in [-0.3, -0.25) is 4.79 Å². The van der Waals surface area contributed by atoms with E-state index < -0.39 is 10.0 Å². The number of halogens is 1. The zero-order chi connectivity index (χ0) is 18.6. The number of aromatic amines is 1. The fourth-order valence-corrected chi connectivity index (χ4v) is 3.71. The summed E-state index contributed by atoms with van der Waals surface area (Å²) in [4.78, 5) is 19.4. The first-order valence-corrected chi connectivity index (χ1v) is 9.76. The molecule has 0 radical (unpaired) electrons. The fraction of sp³-hybridized carbons (Fsp3) is 0.176. The molecule has 0 aliphatic carbocycles. The maximum absolute atomic E-state index is 12.1. The number of amides is 1. The summed E-state index contributed by atoms with van der Waals surface area (Å²) >= 11 is 5.80. The number of aromatic nitrogens is 2. The Labute approximate surface area is 155 Å². The number of hydrogen-bond donors (Lipinski definition) is 3. The van der Waals surface area contributed by atoms with E-state index in [1.165, 1.54) is 12.1 Å². The number of carbonyl (C=O) groups is 1. The van der Waals surface area contributed by atoms with Crippen LogP contribution in [0.2, 0.25) is 5.02 Å². The second-order valence-electron chi connectivity index (χ2n) is 5.58. The maximum Gasteiger partial charge on any atom is 0.240 e. The molecule has 0 bridgehead atoms. The summed E-state index contributed by atoms with van der Waals surface area (Å²) in [6, 6.07) is 13.5. The summed E-state index contributed by atoms with van der Waals surface area (Å²) in [6.07, 6.45) is 0.0139. The van der Waals surface area contributed by atoms with Crippen LogP contribution in [0.3, 0.4) is 0 Å². The van der Waals surface area contributed by atoms with Crippen LogP contribution < -0.4 is 10.0 Å². The van der Waals surface area contributed by atoms with Crippen LogP contribution in [-0.4, -0.2) is 30.8 Å². The molecule has 0 saturated carbocycles. The van der Waals surface area contributed by atoms with Gasteiger partial charge >= 0.3 is 0 Å². The average Bonchev–Trinajstić information content (AvgIpc) is 3.03. The van der Waals surface area contributed by atoms with E-state index >= 15 is 0 Å². The molecule has 0 fully saturated rings. The zero-order valence-electron chi connectivity index (χ0n) is 13.7. The highest BCUT2D eigenvalue weighted by molar-refractivity contribution is 7.89. The van der Waals surface area contributed by atoms with Gasteiger partial charge in [-0.25, -0.2) is 18.1 Å². The molecular weight excluding hydrogens is 376 g/mol. The number of H-pyrrole nitrogens is 1. The van der Waals surface area contributed by atoms with E-state index in [1.807, 2.05) is 24.3 Å². The fourth-order valence-electron chi connectivity index (χ4n) is 2.38. The maximum atomic E-state index is 12.1. The van der Waals surface area contributed by atoms with Crippen molar-refractivity contribution in [3.05, 3.63) is 59.4 Å². The molecule has 3 rings (SSSR count). The van der Waals surface area contributed by atoms with Gasteiger partial charge < -0.3 is 10.3 Å². The lowest BCUT2D eigenvalue weighted by Crippen LogP contribution is -2.30. The molecule has 136 valence electrons. The number of nitrogens with one attached hydrogen (secondary N) is 3. The molecule has 1 heterocycles.